The highest BCUT2D eigenvalue weighted by atomic mass is 35.5. The monoisotopic (exact) mass is 611 g/mol. The van der Waals surface area contributed by atoms with Crippen LogP contribution in [-0.4, -0.2) is 65.5 Å². The number of likely N-dealkylation sites (tertiary alicyclic amines) is 1. The molecule has 2 aromatic heterocycles. The molecule has 2 saturated carbocycles. The summed E-state index contributed by atoms with van der Waals surface area (Å²) in [7, 11) is 1.62. The SMILES string of the molecule is COCCNCc1cc(C(=O)Nc2cc(-c3ccc(Cl)cc3C(=O)N3CC(F)(F)C3)cc(C3CC3)n2)c(=O)n(C2CC2)c1. The molecule has 0 radical (unpaired) electrons. The lowest BCUT2D eigenvalue weighted by Crippen LogP contribution is -2.58. The fourth-order valence-corrected chi connectivity index (χ4v) is 5.44. The Morgan fingerprint density at radius 2 is 1.86 bits per heavy atom. The Bertz CT molecular complexity index is 1630. The number of carbonyl (C=O) groups is 2. The van der Waals surface area contributed by atoms with Crippen LogP contribution in [0.1, 0.15) is 69.6 Å². The second-order valence-electron chi connectivity index (χ2n) is 11.5. The molecule has 43 heavy (non-hydrogen) atoms. The molecule has 2 N–H and O–H groups in total. The molecule has 3 aromatic rings. The molecule has 0 unspecified atom stereocenters. The van der Waals surface area contributed by atoms with Gasteiger partial charge in [0.1, 0.15) is 11.4 Å². The summed E-state index contributed by atoms with van der Waals surface area (Å²) in [6.07, 6.45) is 5.43. The van der Waals surface area contributed by atoms with Crippen molar-refractivity contribution in [3.8, 4) is 11.1 Å². The van der Waals surface area contributed by atoms with Gasteiger partial charge in [-0.1, -0.05) is 17.7 Å². The molecule has 0 spiro atoms. The van der Waals surface area contributed by atoms with Gasteiger partial charge in [0.05, 0.1) is 19.7 Å². The number of hydrogen-bond donors (Lipinski definition) is 2. The Labute approximate surface area is 252 Å². The van der Waals surface area contributed by atoms with Crippen LogP contribution < -0.4 is 16.2 Å². The van der Waals surface area contributed by atoms with Gasteiger partial charge in [0.2, 0.25) is 0 Å². The highest BCUT2D eigenvalue weighted by Gasteiger charge is 2.46. The van der Waals surface area contributed by atoms with Gasteiger partial charge in [-0.05, 0) is 72.7 Å². The molecule has 6 rings (SSSR count). The number of amides is 2. The molecule has 12 heteroatoms. The number of benzene rings is 1. The predicted molar refractivity (Wildman–Crippen MR) is 158 cm³/mol. The highest BCUT2D eigenvalue weighted by molar-refractivity contribution is 6.31. The molecule has 0 atom stereocenters. The number of rotatable bonds is 11. The largest absolute Gasteiger partial charge is 0.383 e. The number of nitrogens with one attached hydrogen (secondary N) is 2. The van der Waals surface area contributed by atoms with Crippen LogP contribution in [-0.2, 0) is 11.3 Å². The summed E-state index contributed by atoms with van der Waals surface area (Å²) < 4.78 is 33.8. The Morgan fingerprint density at radius 3 is 2.53 bits per heavy atom. The maximum Gasteiger partial charge on any atom is 0.282 e. The third-order valence-corrected chi connectivity index (χ3v) is 8.07. The molecule has 1 saturated heterocycles. The van der Waals surface area contributed by atoms with Crippen molar-refractivity contribution in [1.29, 1.82) is 0 Å². The van der Waals surface area contributed by atoms with E-state index in [0.29, 0.717) is 35.8 Å². The van der Waals surface area contributed by atoms with Crippen molar-refractivity contribution in [2.24, 2.45) is 0 Å². The number of methoxy groups -OCH3 is 1. The van der Waals surface area contributed by atoms with Gasteiger partial charge in [-0.3, -0.25) is 14.4 Å². The minimum atomic E-state index is -2.91. The van der Waals surface area contributed by atoms with E-state index in [1.54, 1.807) is 42.1 Å². The van der Waals surface area contributed by atoms with E-state index in [0.717, 1.165) is 41.8 Å². The van der Waals surface area contributed by atoms with Gasteiger partial charge < -0.3 is 24.8 Å². The first-order chi connectivity index (χ1) is 20.6. The van der Waals surface area contributed by atoms with Crippen LogP contribution in [0, 0.1) is 0 Å². The summed E-state index contributed by atoms with van der Waals surface area (Å²) in [5.74, 6) is -3.61. The van der Waals surface area contributed by atoms with Crippen LogP contribution in [0.5, 0.6) is 0 Å². The predicted octanol–water partition coefficient (Wildman–Crippen LogP) is 4.86. The van der Waals surface area contributed by atoms with Crippen LogP contribution in [0.2, 0.25) is 5.02 Å². The Hall–Kier alpha value is -3.67. The summed E-state index contributed by atoms with van der Waals surface area (Å²) in [6, 6.07) is 9.92. The van der Waals surface area contributed by atoms with Crippen molar-refractivity contribution in [3.05, 3.63) is 80.4 Å². The lowest BCUT2D eigenvalue weighted by molar-refractivity contribution is -0.113. The van der Waals surface area contributed by atoms with Gasteiger partial charge >= 0.3 is 0 Å². The van der Waals surface area contributed by atoms with E-state index in [1.807, 2.05) is 6.07 Å². The number of pyridine rings is 2. The maximum absolute atomic E-state index is 13.6. The third kappa shape index (κ3) is 6.63. The normalized spacial score (nSPS) is 17.4. The van der Waals surface area contributed by atoms with Crippen molar-refractivity contribution in [1.82, 2.24) is 19.8 Å². The Kier molecular flexibility index (Phi) is 8.06. The highest BCUT2D eigenvalue weighted by Crippen LogP contribution is 2.42. The molecule has 3 heterocycles. The summed E-state index contributed by atoms with van der Waals surface area (Å²) in [4.78, 5) is 45.8. The second-order valence-corrected chi connectivity index (χ2v) is 11.9. The van der Waals surface area contributed by atoms with E-state index < -0.39 is 30.8 Å². The Morgan fingerprint density at radius 1 is 1.09 bits per heavy atom. The van der Waals surface area contributed by atoms with Gasteiger partial charge in [-0.25, -0.2) is 13.8 Å². The number of anilines is 1. The van der Waals surface area contributed by atoms with Crippen molar-refractivity contribution < 1.29 is 23.1 Å². The second kappa shape index (κ2) is 11.8. The zero-order valence-electron chi connectivity index (χ0n) is 23.7. The third-order valence-electron chi connectivity index (χ3n) is 7.83. The molecule has 2 aliphatic carbocycles. The number of halogens is 3. The molecule has 2 amide bonds. The lowest BCUT2D eigenvalue weighted by Gasteiger charge is -2.39. The van der Waals surface area contributed by atoms with E-state index in [2.05, 4.69) is 15.6 Å². The van der Waals surface area contributed by atoms with Crippen molar-refractivity contribution in [2.45, 2.75) is 50.1 Å². The summed E-state index contributed by atoms with van der Waals surface area (Å²) >= 11 is 6.21. The molecule has 9 nitrogen and oxygen atoms in total. The molecular formula is C31H32ClF2N5O4. The number of aromatic nitrogens is 2. The molecule has 0 bridgehead atoms. The molecule has 1 aliphatic heterocycles. The molecule has 3 fully saturated rings. The van der Waals surface area contributed by atoms with Crippen LogP contribution in [0.15, 0.2) is 47.4 Å². The van der Waals surface area contributed by atoms with E-state index in [9.17, 15) is 23.2 Å². The van der Waals surface area contributed by atoms with Crippen molar-refractivity contribution >= 4 is 29.2 Å². The van der Waals surface area contributed by atoms with Crippen LogP contribution in [0.3, 0.4) is 0 Å². The van der Waals surface area contributed by atoms with Crippen molar-refractivity contribution in [2.75, 3.05) is 38.7 Å². The fourth-order valence-electron chi connectivity index (χ4n) is 5.27. The smallest absolute Gasteiger partial charge is 0.282 e. The lowest BCUT2D eigenvalue weighted by atomic mass is 9.96. The average molecular weight is 612 g/mol. The van der Waals surface area contributed by atoms with Crippen LogP contribution in [0.25, 0.3) is 11.1 Å². The zero-order chi connectivity index (χ0) is 30.3. The van der Waals surface area contributed by atoms with E-state index >= 15 is 0 Å². The van der Waals surface area contributed by atoms with Gasteiger partial charge in [0, 0.05) is 54.6 Å². The summed E-state index contributed by atoms with van der Waals surface area (Å²) in [5.41, 5.74) is 2.46. The molecular weight excluding hydrogens is 580 g/mol. The zero-order valence-corrected chi connectivity index (χ0v) is 24.4. The summed E-state index contributed by atoms with van der Waals surface area (Å²) in [6.45, 7) is 0.319. The Balaban J connectivity index is 1.31. The molecule has 226 valence electrons. The van der Waals surface area contributed by atoms with Crippen LogP contribution >= 0.6 is 11.6 Å². The quantitative estimate of drug-likeness (QED) is 0.300. The number of hydrogen-bond acceptors (Lipinski definition) is 6. The van der Waals surface area contributed by atoms with E-state index in [-0.39, 0.29) is 34.5 Å². The topological polar surface area (TPSA) is 106 Å². The molecule has 3 aliphatic rings. The van der Waals surface area contributed by atoms with Gasteiger partial charge in [-0.15, -0.1) is 0 Å². The van der Waals surface area contributed by atoms with Crippen molar-refractivity contribution in [3.63, 3.8) is 0 Å². The average Bonchev–Trinajstić information content (AvgIpc) is 3.87. The first-order valence-corrected chi connectivity index (χ1v) is 14.7. The first-order valence-electron chi connectivity index (χ1n) is 14.4. The number of nitrogens with zero attached hydrogens (tertiary/aromatic N) is 3. The number of alkyl halides is 2. The number of ether oxygens (including phenoxy) is 1. The summed E-state index contributed by atoms with van der Waals surface area (Å²) in [5, 5.41) is 6.36. The number of carbonyl (C=O) groups excluding carboxylic acids is 2. The maximum atomic E-state index is 13.6. The van der Waals surface area contributed by atoms with Gasteiger partial charge in [0.25, 0.3) is 23.3 Å². The van der Waals surface area contributed by atoms with Gasteiger partial charge in [0.15, 0.2) is 0 Å². The first kappa shape index (κ1) is 29.4. The minimum Gasteiger partial charge on any atom is -0.383 e. The van der Waals surface area contributed by atoms with Crippen LogP contribution in [0.4, 0.5) is 14.6 Å². The minimum absolute atomic E-state index is 0.0131. The van der Waals surface area contributed by atoms with E-state index in [1.165, 1.54) is 6.07 Å². The van der Waals surface area contributed by atoms with Gasteiger partial charge in [-0.2, -0.15) is 0 Å². The standard InChI is InChI=1S/C31H32ClF2N5O4/c1-43-9-8-35-14-18-10-25(30(42)39(15-18)22-5-6-22)28(40)37-27-12-20(11-26(36-27)19-2-3-19)23-7-4-21(32)13-24(23)29(41)38-16-31(33,34)17-38/h4,7,10-13,15,19,22,35H,2-3,5-6,8-9,14,16-17H2,1H3,(H,36,37,40). The van der Waals surface area contributed by atoms with E-state index in [4.69, 9.17) is 16.3 Å². The molecule has 1 aromatic carbocycles. The fraction of sp³-hybridized carbons (Fsp3) is 0.419.